The van der Waals surface area contributed by atoms with Gasteiger partial charge in [-0.1, -0.05) is 6.92 Å². The van der Waals surface area contributed by atoms with Crippen LogP contribution >= 0.6 is 0 Å². The summed E-state index contributed by atoms with van der Waals surface area (Å²) in [5.41, 5.74) is 0. The SMILES string of the molecule is CC(CC(=O)N1C[C@@H](C)O[C@@H](C)C1)C1CCCNC1. The van der Waals surface area contributed by atoms with E-state index in [-0.39, 0.29) is 12.2 Å². The second-order valence-electron chi connectivity index (χ2n) is 6.34. The molecule has 110 valence electrons. The van der Waals surface area contributed by atoms with Crippen molar-refractivity contribution in [2.45, 2.75) is 52.2 Å². The van der Waals surface area contributed by atoms with Gasteiger partial charge >= 0.3 is 0 Å². The highest BCUT2D eigenvalue weighted by molar-refractivity contribution is 5.76. The first-order valence-electron chi connectivity index (χ1n) is 7.70. The summed E-state index contributed by atoms with van der Waals surface area (Å²) >= 11 is 0. The van der Waals surface area contributed by atoms with E-state index in [1.54, 1.807) is 0 Å². The number of nitrogens with one attached hydrogen (secondary N) is 1. The average Bonchev–Trinajstić information content (AvgIpc) is 2.38. The third-order valence-corrected chi connectivity index (χ3v) is 4.41. The first-order valence-corrected chi connectivity index (χ1v) is 7.70. The number of piperidine rings is 1. The number of morpholine rings is 1. The van der Waals surface area contributed by atoms with Gasteiger partial charge in [0, 0.05) is 19.5 Å². The zero-order valence-electron chi connectivity index (χ0n) is 12.5. The summed E-state index contributed by atoms with van der Waals surface area (Å²) in [5.74, 6) is 1.45. The van der Waals surface area contributed by atoms with Crippen molar-refractivity contribution in [3.63, 3.8) is 0 Å². The van der Waals surface area contributed by atoms with E-state index in [4.69, 9.17) is 4.74 Å². The van der Waals surface area contributed by atoms with Gasteiger partial charge in [-0.05, 0) is 51.6 Å². The minimum atomic E-state index is 0.166. The summed E-state index contributed by atoms with van der Waals surface area (Å²) in [6, 6.07) is 0. The van der Waals surface area contributed by atoms with Gasteiger partial charge in [-0.2, -0.15) is 0 Å². The summed E-state index contributed by atoms with van der Waals surface area (Å²) in [4.78, 5) is 14.4. The van der Waals surface area contributed by atoms with Crippen LogP contribution in [0.15, 0.2) is 0 Å². The Hall–Kier alpha value is -0.610. The summed E-state index contributed by atoms with van der Waals surface area (Å²) in [6.07, 6.45) is 3.52. The van der Waals surface area contributed by atoms with E-state index < -0.39 is 0 Å². The van der Waals surface area contributed by atoms with Crippen LogP contribution in [-0.2, 0) is 9.53 Å². The minimum Gasteiger partial charge on any atom is -0.372 e. The van der Waals surface area contributed by atoms with E-state index in [0.29, 0.717) is 24.2 Å². The largest absolute Gasteiger partial charge is 0.372 e. The van der Waals surface area contributed by atoms with Gasteiger partial charge in [0.1, 0.15) is 0 Å². The lowest BCUT2D eigenvalue weighted by molar-refractivity contribution is -0.144. The van der Waals surface area contributed by atoms with E-state index in [9.17, 15) is 4.79 Å². The zero-order valence-corrected chi connectivity index (χ0v) is 12.5. The molecule has 4 atom stereocenters. The van der Waals surface area contributed by atoms with E-state index in [0.717, 1.165) is 26.2 Å². The monoisotopic (exact) mass is 268 g/mol. The van der Waals surface area contributed by atoms with Crippen molar-refractivity contribution in [1.82, 2.24) is 10.2 Å². The summed E-state index contributed by atoms with van der Waals surface area (Å²) in [7, 11) is 0. The molecule has 2 fully saturated rings. The zero-order chi connectivity index (χ0) is 13.8. The number of hydrogen-bond donors (Lipinski definition) is 1. The first-order chi connectivity index (χ1) is 9.06. The Morgan fingerprint density at radius 1 is 1.37 bits per heavy atom. The predicted octanol–water partition coefficient (Wildman–Crippen LogP) is 1.65. The number of ether oxygens (including phenoxy) is 1. The molecular weight excluding hydrogens is 240 g/mol. The van der Waals surface area contributed by atoms with Crippen LogP contribution in [0.3, 0.4) is 0 Å². The van der Waals surface area contributed by atoms with Gasteiger partial charge in [0.2, 0.25) is 5.91 Å². The number of carbonyl (C=O) groups is 1. The van der Waals surface area contributed by atoms with E-state index >= 15 is 0 Å². The van der Waals surface area contributed by atoms with E-state index in [1.165, 1.54) is 12.8 Å². The number of carbonyl (C=O) groups excluding carboxylic acids is 1. The van der Waals surface area contributed by atoms with Gasteiger partial charge in [-0.3, -0.25) is 4.79 Å². The van der Waals surface area contributed by atoms with Crippen molar-refractivity contribution in [2.75, 3.05) is 26.2 Å². The highest BCUT2D eigenvalue weighted by atomic mass is 16.5. The van der Waals surface area contributed by atoms with Crippen LogP contribution in [0.1, 0.15) is 40.0 Å². The lowest BCUT2D eigenvalue weighted by Gasteiger charge is -2.36. The molecule has 0 aromatic carbocycles. The van der Waals surface area contributed by atoms with Crippen molar-refractivity contribution in [3.8, 4) is 0 Å². The Morgan fingerprint density at radius 3 is 2.63 bits per heavy atom. The third-order valence-electron chi connectivity index (χ3n) is 4.41. The average molecular weight is 268 g/mol. The molecule has 2 saturated heterocycles. The van der Waals surface area contributed by atoms with Crippen molar-refractivity contribution >= 4 is 5.91 Å². The lowest BCUT2D eigenvalue weighted by atomic mass is 9.85. The fourth-order valence-electron chi connectivity index (χ4n) is 3.32. The molecule has 4 nitrogen and oxygen atoms in total. The number of hydrogen-bond acceptors (Lipinski definition) is 3. The summed E-state index contributed by atoms with van der Waals surface area (Å²) in [5, 5.41) is 3.44. The molecule has 2 unspecified atom stereocenters. The predicted molar refractivity (Wildman–Crippen MR) is 76.0 cm³/mol. The molecule has 0 bridgehead atoms. The molecule has 0 aliphatic carbocycles. The van der Waals surface area contributed by atoms with Crippen LogP contribution in [0.5, 0.6) is 0 Å². The Kier molecular flexibility index (Phi) is 5.22. The quantitative estimate of drug-likeness (QED) is 0.846. The van der Waals surface area contributed by atoms with Crippen molar-refractivity contribution < 1.29 is 9.53 Å². The van der Waals surface area contributed by atoms with E-state index in [1.807, 2.05) is 18.7 Å². The maximum atomic E-state index is 12.4. The molecule has 4 heteroatoms. The van der Waals surface area contributed by atoms with Crippen molar-refractivity contribution in [2.24, 2.45) is 11.8 Å². The lowest BCUT2D eigenvalue weighted by Crippen LogP contribution is -2.48. The molecular formula is C15H28N2O2. The first kappa shape index (κ1) is 14.8. The molecule has 0 aromatic heterocycles. The van der Waals surface area contributed by atoms with Crippen LogP contribution in [0.2, 0.25) is 0 Å². The molecule has 2 aliphatic heterocycles. The molecule has 2 heterocycles. The fraction of sp³-hybridized carbons (Fsp3) is 0.933. The standard InChI is InChI=1S/C15H28N2O2/c1-11(14-5-4-6-16-8-14)7-15(18)17-9-12(2)19-13(3)10-17/h11-14,16H,4-10H2,1-3H3/t11?,12-,13+,14?. The molecule has 1 N–H and O–H groups in total. The van der Waals surface area contributed by atoms with Gasteiger partial charge in [0.15, 0.2) is 0 Å². The molecule has 0 spiro atoms. The molecule has 0 radical (unpaired) electrons. The second-order valence-corrected chi connectivity index (χ2v) is 6.34. The van der Waals surface area contributed by atoms with Gasteiger partial charge < -0.3 is 15.0 Å². The van der Waals surface area contributed by atoms with Crippen LogP contribution < -0.4 is 5.32 Å². The molecule has 2 rings (SSSR count). The van der Waals surface area contributed by atoms with Crippen molar-refractivity contribution in [1.29, 1.82) is 0 Å². The van der Waals surface area contributed by atoms with Crippen LogP contribution in [0.4, 0.5) is 0 Å². The Labute approximate surface area is 116 Å². The topological polar surface area (TPSA) is 41.6 Å². The van der Waals surface area contributed by atoms with Gasteiger partial charge in [0.05, 0.1) is 12.2 Å². The van der Waals surface area contributed by atoms with Crippen LogP contribution in [-0.4, -0.2) is 49.2 Å². The Morgan fingerprint density at radius 2 is 2.05 bits per heavy atom. The maximum absolute atomic E-state index is 12.4. The van der Waals surface area contributed by atoms with Crippen LogP contribution in [0, 0.1) is 11.8 Å². The highest BCUT2D eigenvalue weighted by Gasteiger charge is 2.28. The molecule has 2 aliphatic rings. The third kappa shape index (κ3) is 4.18. The summed E-state index contributed by atoms with van der Waals surface area (Å²) < 4.78 is 5.68. The van der Waals surface area contributed by atoms with Gasteiger partial charge in [-0.15, -0.1) is 0 Å². The Balaban J connectivity index is 1.82. The molecule has 19 heavy (non-hydrogen) atoms. The van der Waals surface area contributed by atoms with Gasteiger partial charge in [-0.25, -0.2) is 0 Å². The molecule has 1 amide bonds. The summed E-state index contributed by atoms with van der Waals surface area (Å²) in [6.45, 7) is 10.0. The van der Waals surface area contributed by atoms with Crippen LogP contribution in [0.25, 0.3) is 0 Å². The number of nitrogens with zero attached hydrogens (tertiary/aromatic N) is 1. The molecule has 0 saturated carbocycles. The Bertz CT molecular complexity index is 293. The smallest absolute Gasteiger partial charge is 0.223 e. The normalized spacial score (nSPS) is 34.1. The fourth-order valence-corrected chi connectivity index (χ4v) is 3.32. The number of amides is 1. The number of rotatable bonds is 3. The minimum absolute atomic E-state index is 0.166. The van der Waals surface area contributed by atoms with E-state index in [2.05, 4.69) is 12.2 Å². The second kappa shape index (κ2) is 6.71. The maximum Gasteiger partial charge on any atom is 0.223 e. The molecule has 0 aromatic rings. The highest BCUT2D eigenvalue weighted by Crippen LogP contribution is 2.24. The van der Waals surface area contributed by atoms with Gasteiger partial charge in [0.25, 0.3) is 0 Å². The van der Waals surface area contributed by atoms with Crippen molar-refractivity contribution in [3.05, 3.63) is 0 Å².